The van der Waals surface area contributed by atoms with Crippen LogP contribution in [0.2, 0.25) is 0 Å². The van der Waals surface area contributed by atoms with E-state index in [0.29, 0.717) is 24.7 Å². The monoisotopic (exact) mass is 258 g/mol. The number of ether oxygens (including phenoxy) is 1. The van der Waals surface area contributed by atoms with Gasteiger partial charge in [0, 0.05) is 11.7 Å². The van der Waals surface area contributed by atoms with Crippen molar-refractivity contribution in [2.75, 3.05) is 6.61 Å². The normalized spacial score (nSPS) is 12.4. The van der Waals surface area contributed by atoms with E-state index in [2.05, 4.69) is 10.1 Å². The zero-order valence-corrected chi connectivity index (χ0v) is 11.2. The molecule has 0 spiro atoms. The van der Waals surface area contributed by atoms with Crippen LogP contribution < -0.4 is 0 Å². The summed E-state index contributed by atoms with van der Waals surface area (Å²) in [6.45, 7) is 6.20. The molecule has 0 bridgehead atoms. The molecule has 96 valence electrons. The quantitative estimate of drug-likeness (QED) is 0.699. The molecule has 0 saturated carbocycles. The second-order valence-corrected chi connectivity index (χ2v) is 5.02. The fourth-order valence-electron chi connectivity index (χ4n) is 1.22. The molecule has 0 fully saturated rings. The molecule has 0 aromatic carbocycles. The lowest BCUT2D eigenvalue weighted by molar-refractivity contribution is -0.142. The molecule has 0 N–H and O–H groups in total. The average molecular weight is 258 g/mol. The van der Waals surface area contributed by atoms with Crippen LogP contribution in [-0.2, 0) is 21.7 Å². The molecule has 1 atom stereocenters. The molecule has 1 heterocycles. The molecule has 0 aliphatic rings. The van der Waals surface area contributed by atoms with Crippen LogP contribution in [0.5, 0.6) is 0 Å². The first-order chi connectivity index (χ1) is 8.15. The Morgan fingerprint density at radius 1 is 1.53 bits per heavy atom. The Labute approximate surface area is 105 Å². The number of thioether (sulfide) groups is 1. The second kappa shape index (κ2) is 7.32. The molecule has 0 aliphatic heterocycles. The summed E-state index contributed by atoms with van der Waals surface area (Å²) in [5, 5.41) is 4.00. The fourth-order valence-corrected chi connectivity index (χ4v) is 2.02. The molecule has 1 aromatic heterocycles. The Kier molecular flexibility index (Phi) is 6.04. The Morgan fingerprint density at radius 3 is 2.88 bits per heavy atom. The molecule has 5 nitrogen and oxygen atoms in total. The SMILES string of the molecule is CCOC(=O)C[C@H](C)SCc1nc(CC)no1. The summed E-state index contributed by atoms with van der Waals surface area (Å²) in [6.07, 6.45) is 1.18. The van der Waals surface area contributed by atoms with Gasteiger partial charge in [-0.15, -0.1) is 11.8 Å². The van der Waals surface area contributed by atoms with Crippen LogP contribution in [0.4, 0.5) is 0 Å². The Morgan fingerprint density at radius 2 is 2.29 bits per heavy atom. The van der Waals surface area contributed by atoms with Gasteiger partial charge in [0.25, 0.3) is 0 Å². The maximum absolute atomic E-state index is 11.2. The minimum absolute atomic E-state index is 0.160. The number of carbonyl (C=O) groups excluding carboxylic acids is 1. The highest BCUT2D eigenvalue weighted by molar-refractivity contribution is 7.99. The van der Waals surface area contributed by atoms with E-state index in [1.165, 1.54) is 0 Å². The Hall–Kier alpha value is -1.04. The van der Waals surface area contributed by atoms with Crippen molar-refractivity contribution in [3.8, 4) is 0 Å². The standard InChI is InChI=1S/C11H18N2O3S/c1-4-9-12-10(16-13-9)7-17-8(3)6-11(14)15-5-2/h8H,4-7H2,1-3H3/t8-/m0/s1. The summed E-state index contributed by atoms with van der Waals surface area (Å²) < 4.78 is 9.94. The summed E-state index contributed by atoms with van der Waals surface area (Å²) >= 11 is 1.61. The van der Waals surface area contributed by atoms with E-state index in [-0.39, 0.29) is 11.2 Å². The lowest BCUT2D eigenvalue weighted by Gasteiger charge is -2.08. The smallest absolute Gasteiger partial charge is 0.306 e. The summed E-state index contributed by atoms with van der Waals surface area (Å²) in [5.74, 6) is 1.81. The van der Waals surface area contributed by atoms with E-state index < -0.39 is 0 Å². The molecule has 0 unspecified atom stereocenters. The minimum Gasteiger partial charge on any atom is -0.466 e. The van der Waals surface area contributed by atoms with Crippen LogP contribution in [0.3, 0.4) is 0 Å². The fraction of sp³-hybridized carbons (Fsp3) is 0.727. The highest BCUT2D eigenvalue weighted by atomic mass is 32.2. The van der Waals surface area contributed by atoms with Gasteiger partial charge < -0.3 is 9.26 Å². The largest absolute Gasteiger partial charge is 0.466 e. The zero-order chi connectivity index (χ0) is 12.7. The third-order valence-corrected chi connectivity index (χ3v) is 3.23. The van der Waals surface area contributed by atoms with Crippen LogP contribution in [0.1, 0.15) is 38.9 Å². The van der Waals surface area contributed by atoms with E-state index in [4.69, 9.17) is 9.26 Å². The van der Waals surface area contributed by atoms with Gasteiger partial charge in [-0.2, -0.15) is 4.98 Å². The van der Waals surface area contributed by atoms with Crippen molar-refractivity contribution >= 4 is 17.7 Å². The van der Waals surface area contributed by atoms with Crippen molar-refractivity contribution in [2.24, 2.45) is 0 Å². The van der Waals surface area contributed by atoms with E-state index in [9.17, 15) is 4.79 Å². The topological polar surface area (TPSA) is 65.2 Å². The summed E-state index contributed by atoms with van der Waals surface area (Å²) in [5.41, 5.74) is 0. The summed E-state index contributed by atoms with van der Waals surface area (Å²) in [6, 6.07) is 0. The van der Waals surface area contributed by atoms with Gasteiger partial charge in [-0.25, -0.2) is 0 Å². The molecule has 1 aromatic rings. The van der Waals surface area contributed by atoms with E-state index >= 15 is 0 Å². The third kappa shape index (κ3) is 5.21. The lowest BCUT2D eigenvalue weighted by atomic mass is 10.3. The maximum Gasteiger partial charge on any atom is 0.306 e. The van der Waals surface area contributed by atoms with Crippen molar-refractivity contribution in [1.29, 1.82) is 0 Å². The molecule has 17 heavy (non-hydrogen) atoms. The zero-order valence-electron chi connectivity index (χ0n) is 10.4. The highest BCUT2D eigenvalue weighted by Crippen LogP contribution is 2.19. The number of hydrogen-bond acceptors (Lipinski definition) is 6. The molecule has 0 amide bonds. The van der Waals surface area contributed by atoms with Crippen LogP contribution in [0.15, 0.2) is 4.52 Å². The molecule has 0 aliphatic carbocycles. The predicted molar refractivity (Wildman–Crippen MR) is 65.7 cm³/mol. The number of esters is 1. The maximum atomic E-state index is 11.2. The minimum atomic E-state index is -0.160. The first-order valence-corrected chi connectivity index (χ1v) is 6.79. The second-order valence-electron chi connectivity index (χ2n) is 3.59. The molecule has 0 radical (unpaired) electrons. The highest BCUT2D eigenvalue weighted by Gasteiger charge is 2.12. The van der Waals surface area contributed by atoms with Gasteiger partial charge >= 0.3 is 5.97 Å². The van der Waals surface area contributed by atoms with Crippen molar-refractivity contribution in [3.63, 3.8) is 0 Å². The number of nitrogens with zero attached hydrogens (tertiary/aromatic N) is 2. The van der Waals surface area contributed by atoms with E-state index in [1.807, 2.05) is 13.8 Å². The number of carbonyl (C=O) groups is 1. The number of aryl methyl sites for hydroxylation is 1. The van der Waals surface area contributed by atoms with Crippen LogP contribution >= 0.6 is 11.8 Å². The van der Waals surface area contributed by atoms with Gasteiger partial charge in [0.15, 0.2) is 5.82 Å². The van der Waals surface area contributed by atoms with Gasteiger partial charge in [-0.3, -0.25) is 4.79 Å². The first-order valence-electron chi connectivity index (χ1n) is 5.74. The van der Waals surface area contributed by atoms with Crippen molar-refractivity contribution < 1.29 is 14.1 Å². The molecular weight excluding hydrogens is 240 g/mol. The molecule has 6 heteroatoms. The van der Waals surface area contributed by atoms with Crippen LogP contribution in [-0.4, -0.2) is 28.0 Å². The van der Waals surface area contributed by atoms with Gasteiger partial charge in [0.2, 0.25) is 5.89 Å². The number of rotatable bonds is 7. The van der Waals surface area contributed by atoms with Crippen LogP contribution in [0.25, 0.3) is 0 Å². The van der Waals surface area contributed by atoms with E-state index in [1.54, 1.807) is 18.7 Å². The number of hydrogen-bond donors (Lipinski definition) is 0. The number of aromatic nitrogens is 2. The van der Waals surface area contributed by atoms with Gasteiger partial charge in [-0.05, 0) is 6.92 Å². The summed E-state index contributed by atoms with van der Waals surface area (Å²) in [7, 11) is 0. The van der Waals surface area contributed by atoms with Gasteiger partial charge in [-0.1, -0.05) is 19.0 Å². The summed E-state index contributed by atoms with van der Waals surface area (Å²) in [4.78, 5) is 15.4. The molecule has 0 saturated heterocycles. The third-order valence-electron chi connectivity index (χ3n) is 2.08. The van der Waals surface area contributed by atoms with Crippen molar-refractivity contribution in [2.45, 2.75) is 44.6 Å². The Balaban J connectivity index is 2.27. The molecule has 1 rings (SSSR count). The lowest BCUT2D eigenvalue weighted by Crippen LogP contribution is -2.10. The van der Waals surface area contributed by atoms with E-state index in [0.717, 1.165) is 12.2 Å². The predicted octanol–water partition coefficient (Wildman–Crippen LogP) is 2.21. The van der Waals surface area contributed by atoms with Crippen molar-refractivity contribution in [1.82, 2.24) is 10.1 Å². The Bertz CT molecular complexity index is 354. The average Bonchev–Trinajstić information content (AvgIpc) is 2.74. The van der Waals surface area contributed by atoms with Crippen LogP contribution in [0, 0.1) is 0 Å². The molecular formula is C11H18N2O3S. The van der Waals surface area contributed by atoms with Gasteiger partial charge in [0.1, 0.15) is 0 Å². The van der Waals surface area contributed by atoms with Crippen molar-refractivity contribution in [3.05, 3.63) is 11.7 Å². The van der Waals surface area contributed by atoms with Gasteiger partial charge in [0.05, 0.1) is 18.8 Å². The first kappa shape index (κ1) is 14.0.